The maximum Gasteiger partial charge on any atom is 0.227 e. The normalized spacial score (nSPS) is 10.8. The topological polar surface area (TPSA) is 72.7 Å². The van der Waals surface area contributed by atoms with Gasteiger partial charge in [0.15, 0.2) is 10.7 Å². The summed E-state index contributed by atoms with van der Waals surface area (Å²) in [4.78, 5) is 28.9. The van der Waals surface area contributed by atoms with Crippen molar-refractivity contribution >= 4 is 33.7 Å². The second kappa shape index (κ2) is 8.28. The van der Waals surface area contributed by atoms with Crippen LogP contribution < -0.4 is 10.1 Å². The molecule has 146 valence electrons. The number of imidazole rings is 1. The third-order valence-corrected chi connectivity index (χ3v) is 5.19. The lowest BCUT2D eigenvalue weighted by atomic mass is 10.1. The Morgan fingerprint density at radius 3 is 2.55 bits per heavy atom. The van der Waals surface area contributed by atoms with Crippen molar-refractivity contribution in [3.8, 4) is 17.0 Å². The fourth-order valence-electron chi connectivity index (χ4n) is 2.86. The summed E-state index contributed by atoms with van der Waals surface area (Å²) < 4.78 is 7.55. The van der Waals surface area contributed by atoms with Gasteiger partial charge in [-0.05, 0) is 43.3 Å². The first-order valence-electron chi connectivity index (χ1n) is 9.15. The monoisotopic (exact) mass is 405 g/mol. The van der Waals surface area contributed by atoms with Crippen molar-refractivity contribution in [2.45, 2.75) is 13.3 Å². The Balaban J connectivity index is 1.28. The molecule has 1 N–H and O–H groups in total. The molecule has 0 unspecified atom stereocenters. The van der Waals surface area contributed by atoms with Crippen molar-refractivity contribution in [3.05, 3.63) is 71.9 Å². The Labute approximate surface area is 171 Å². The molecule has 0 radical (unpaired) electrons. The summed E-state index contributed by atoms with van der Waals surface area (Å²) in [5, 5.41) is 4.86. The Kier molecular flexibility index (Phi) is 5.39. The zero-order valence-corrected chi connectivity index (χ0v) is 16.6. The minimum atomic E-state index is -0.124. The number of aromatic nitrogens is 2. The van der Waals surface area contributed by atoms with Crippen molar-refractivity contribution in [1.29, 1.82) is 0 Å². The maximum atomic E-state index is 12.1. The molecule has 2 heterocycles. The van der Waals surface area contributed by atoms with Crippen LogP contribution in [0.2, 0.25) is 0 Å². The van der Waals surface area contributed by atoms with Crippen molar-refractivity contribution in [1.82, 2.24) is 9.38 Å². The molecule has 4 rings (SSSR count). The van der Waals surface area contributed by atoms with Crippen LogP contribution in [-0.4, -0.2) is 27.7 Å². The molecule has 2 aromatic carbocycles. The fourth-order valence-corrected chi connectivity index (χ4v) is 3.56. The van der Waals surface area contributed by atoms with Gasteiger partial charge in [0, 0.05) is 34.6 Å². The van der Waals surface area contributed by atoms with Crippen molar-refractivity contribution in [3.63, 3.8) is 0 Å². The molecule has 0 fully saturated rings. The molecule has 0 aliphatic rings. The SMILES string of the molecule is CC(=O)c1ccc(OCCC(=O)Nc2ccc(-c3cn4ccsc4n3)cc2)cc1. The van der Waals surface area contributed by atoms with Gasteiger partial charge in [0.05, 0.1) is 18.7 Å². The Bertz CT molecular complexity index is 1120. The van der Waals surface area contributed by atoms with Gasteiger partial charge in [-0.15, -0.1) is 11.3 Å². The number of ketones is 1. The predicted octanol–water partition coefficient (Wildman–Crippen LogP) is 4.67. The third-order valence-electron chi connectivity index (χ3n) is 4.42. The third kappa shape index (κ3) is 4.52. The van der Waals surface area contributed by atoms with Crippen LogP contribution in [0.3, 0.4) is 0 Å². The van der Waals surface area contributed by atoms with Gasteiger partial charge in [0.25, 0.3) is 0 Å². The van der Waals surface area contributed by atoms with Crippen molar-refractivity contribution in [2.75, 3.05) is 11.9 Å². The molecule has 0 saturated carbocycles. The lowest BCUT2D eigenvalue weighted by molar-refractivity contribution is -0.116. The van der Waals surface area contributed by atoms with E-state index in [0.717, 1.165) is 21.9 Å². The van der Waals surface area contributed by atoms with E-state index < -0.39 is 0 Å². The number of anilines is 1. The van der Waals surface area contributed by atoms with Crippen LogP contribution in [-0.2, 0) is 4.79 Å². The van der Waals surface area contributed by atoms with Gasteiger partial charge in [-0.3, -0.25) is 14.0 Å². The van der Waals surface area contributed by atoms with Crippen LogP contribution >= 0.6 is 11.3 Å². The molecule has 0 bridgehead atoms. The molecule has 7 heteroatoms. The number of thiazole rings is 1. The summed E-state index contributed by atoms with van der Waals surface area (Å²) in [5.74, 6) is 0.516. The molecular formula is C22H19N3O3S. The lowest BCUT2D eigenvalue weighted by Crippen LogP contribution is -2.15. The number of amides is 1. The standard InChI is InChI=1S/C22H19N3O3S/c1-15(26)16-4-8-19(9-5-16)28-12-10-21(27)23-18-6-2-17(3-7-18)20-14-25-11-13-29-22(25)24-20/h2-9,11,13-14H,10,12H2,1H3,(H,23,27). The van der Waals surface area contributed by atoms with E-state index in [0.29, 0.717) is 11.3 Å². The Morgan fingerprint density at radius 2 is 1.86 bits per heavy atom. The molecule has 0 saturated heterocycles. The van der Waals surface area contributed by atoms with Gasteiger partial charge >= 0.3 is 0 Å². The van der Waals surface area contributed by atoms with Gasteiger partial charge in [0.2, 0.25) is 5.91 Å². The van der Waals surface area contributed by atoms with Crippen LogP contribution in [0.25, 0.3) is 16.2 Å². The predicted molar refractivity (Wildman–Crippen MR) is 114 cm³/mol. The summed E-state index contributed by atoms with van der Waals surface area (Å²) >= 11 is 1.59. The van der Waals surface area contributed by atoms with E-state index in [1.54, 1.807) is 35.6 Å². The number of carbonyl (C=O) groups is 2. The number of fused-ring (bicyclic) bond motifs is 1. The number of nitrogens with one attached hydrogen (secondary N) is 1. The first kappa shape index (κ1) is 18.9. The number of Topliss-reactive ketones (excluding diaryl/α,β-unsaturated/α-hetero) is 1. The Morgan fingerprint density at radius 1 is 1.10 bits per heavy atom. The quantitative estimate of drug-likeness (QED) is 0.454. The van der Waals surface area contributed by atoms with E-state index in [-0.39, 0.29) is 24.7 Å². The van der Waals surface area contributed by atoms with E-state index in [1.807, 2.05) is 46.4 Å². The van der Waals surface area contributed by atoms with E-state index in [9.17, 15) is 9.59 Å². The maximum absolute atomic E-state index is 12.1. The number of carbonyl (C=O) groups excluding carboxylic acids is 2. The first-order valence-corrected chi connectivity index (χ1v) is 10.0. The molecule has 0 aliphatic carbocycles. The highest BCUT2D eigenvalue weighted by molar-refractivity contribution is 7.15. The summed E-state index contributed by atoms with van der Waals surface area (Å²) in [5.41, 5.74) is 3.26. The fraction of sp³-hybridized carbons (Fsp3) is 0.136. The summed E-state index contributed by atoms with van der Waals surface area (Å²) in [7, 11) is 0. The molecule has 0 aliphatic heterocycles. The largest absolute Gasteiger partial charge is 0.493 e. The summed E-state index contributed by atoms with van der Waals surface area (Å²) in [6, 6.07) is 14.5. The number of nitrogens with zero attached hydrogens (tertiary/aromatic N) is 2. The number of ether oxygens (including phenoxy) is 1. The highest BCUT2D eigenvalue weighted by Crippen LogP contribution is 2.23. The first-order chi connectivity index (χ1) is 14.1. The smallest absolute Gasteiger partial charge is 0.227 e. The Hall–Kier alpha value is -3.45. The number of hydrogen-bond donors (Lipinski definition) is 1. The number of benzene rings is 2. The van der Waals surface area contributed by atoms with E-state index >= 15 is 0 Å². The van der Waals surface area contributed by atoms with Gasteiger partial charge in [-0.25, -0.2) is 4.98 Å². The summed E-state index contributed by atoms with van der Waals surface area (Å²) in [6.45, 7) is 1.78. The van der Waals surface area contributed by atoms with Gasteiger partial charge in [-0.1, -0.05) is 12.1 Å². The van der Waals surface area contributed by atoms with Crippen LogP contribution in [0.4, 0.5) is 5.69 Å². The molecule has 6 nitrogen and oxygen atoms in total. The minimum absolute atomic E-state index is 0.00897. The highest BCUT2D eigenvalue weighted by Gasteiger charge is 2.07. The molecular weight excluding hydrogens is 386 g/mol. The van der Waals surface area contributed by atoms with Gasteiger partial charge in [0.1, 0.15) is 5.75 Å². The summed E-state index contributed by atoms with van der Waals surface area (Å²) in [6.07, 6.45) is 4.19. The molecule has 1 amide bonds. The number of hydrogen-bond acceptors (Lipinski definition) is 5. The average molecular weight is 405 g/mol. The molecule has 2 aromatic heterocycles. The molecule has 4 aromatic rings. The van der Waals surface area contributed by atoms with Crippen LogP contribution in [0.1, 0.15) is 23.7 Å². The van der Waals surface area contributed by atoms with Crippen molar-refractivity contribution in [2.24, 2.45) is 0 Å². The zero-order chi connectivity index (χ0) is 20.2. The van der Waals surface area contributed by atoms with Crippen LogP contribution in [0.5, 0.6) is 5.75 Å². The van der Waals surface area contributed by atoms with Crippen molar-refractivity contribution < 1.29 is 14.3 Å². The van der Waals surface area contributed by atoms with Crippen LogP contribution in [0.15, 0.2) is 66.3 Å². The lowest BCUT2D eigenvalue weighted by Gasteiger charge is -2.08. The van der Waals surface area contributed by atoms with E-state index in [1.165, 1.54) is 6.92 Å². The second-order valence-corrected chi connectivity index (χ2v) is 7.40. The number of rotatable bonds is 7. The average Bonchev–Trinajstić information content (AvgIpc) is 3.31. The van der Waals surface area contributed by atoms with Gasteiger partial charge < -0.3 is 10.1 Å². The molecule has 0 atom stereocenters. The molecule has 29 heavy (non-hydrogen) atoms. The van der Waals surface area contributed by atoms with Crippen LogP contribution in [0, 0.1) is 0 Å². The van der Waals surface area contributed by atoms with E-state index in [2.05, 4.69) is 10.3 Å². The molecule has 0 spiro atoms. The minimum Gasteiger partial charge on any atom is -0.493 e. The second-order valence-electron chi connectivity index (χ2n) is 6.52. The van der Waals surface area contributed by atoms with E-state index in [4.69, 9.17) is 4.74 Å². The zero-order valence-electron chi connectivity index (χ0n) is 15.8. The van der Waals surface area contributed by atoms with Gasteiger partial charge in [-0.2, -0.15) is 0 Å². The highest BCUT2D eigenvalue weighted by atomic mass is 32.1.